The van der Waals surface area contributed by atoms with Crippen molar-refractivity contribution in [2.45, 2.75) is 26.3 Å². The molecule has 5 nitrogen and oxygen atoms in total. The lowest BCUT2D eigenvalue weighted by atomic mass is 10.2. The molecule has 0 aromatic heterocycles. The predicted molar refractivity (Wildman–Crippen MR) is 89.4 cm³/mol. The zero-order valence-corrected chi connectivity index (χ0v) is 14.2. The third-order valence-corrected chi connectivity index (χ3v) is 3.13. The molecule has 26 heavy (non-hydrogen) atoms. The van der Waals surface area contributed by atoms with E-state index in [-0.39, 0.29) is 18.1 Å². The molecular weight excluding hydrogens is 351 g/mol. The van der Waals surface area contributed by atoms with Crippen LogP contribution in [-0.4, -0.2) is 25.2 Å². The van der Waals surface area contributed by atoms with Crippen molar-refractivity contribution in [2.75, 3.05) is 11.9 Å². The lowest BCUT2D eigenvalue weighted by molar-refractivity contribution is -0.274. The van der Waals surface area contributed by atoms with Gasteiger partial charge < -0.3 is 14.2 Å². The summed E-state index contributed by atoms with van der Waals surface area (Å²) in [6, 6.07) is 12.3. The molecule has 0 spiro atoms. The highest BCUT2D eigenvalue weighted by atomic mass is 19.4. The second-order valence-corrected chi connectivity index (χ2v) is 5.54. The van der Waals surface area contributed by atoms with Crippen LogP contribution in [0.2, 0.25) is 0 Å². The molecule has 1 amide bonds. The molecule has 0 aliphatic rings. The van der Waals surface area contributed by atoms with Gasteiger partial charge in [0, 0.05) is 11.8 Å². The van der Waals surface area contributed by atoms with Crippen molar-refractivity contribution in [3.8, 4) is 11.5 Å². The lowest BCUT2D eigenvalue weighted by Gasteiger charge is -2.16. The van der Waals surface area contributed by atoms with Crippen LogP contribution in [0.15, 0.2) is 48.5 Å². The molecule has 0 aliphatic heterocycles. The van der Waals surface area contributed by atoms with Crippen LogP contribution in [0.1, 0.15) is 12.5 Å². The Kier molecular flexibility index (Phi) is 6.32. The minimum atomic E-state index is -4.77. The third-order valence-electron chi connectivity index (χ3n) is 3.13. The number of carbonyl (C=O) groups is 1. The first kappa shape index (κ1) is 19.4. The van der Waals surface area contributed by atoms with Gasteiger partial charge in [0.1, 0.15) is 24.2 Å². The van der Waals surface area contributed by atoms with Crippen molar-refractivity contribution in [3.05, 3.63) is 54.1 Å². The smallest absolute Gasteiger partial charge is 0.490 e. The molecule has 8 heteroatoms. The fraction of sp³-hybridized carbons (Fsp3) is 0.278. The van der Waals surface area contributed by atoms with Gasteiger partial charge in [-0.2, -0.15) is 0 Å². The van der Waals surface area contributed by atoms with Crippen LogP contribution in [0, 0.1) is 6.92 Å². The predicted octanol–water partition coefficient (Wildman–Crippen LogP) is 4.91. The second kappa shape index (κ2) is 8.46. The minimum Gasteiger partial charge on any atom is -0.490 e. The molecule has 2 aromatic carbocycles. The molecule has 2 rings (SSSR count). The number of amides is 1. The summed E-state index contributed by atoms with van der Waals surface area (Å²) >= 11 is 0. The maximum Gasteiger partial charge on any atom is 0.573 e. The first-order valence-electron chi connectivity index (χ1n) is 7.74. The summed E-state index contributed by atoms with van der Waals surface area (Å²) < 4.78 is 50.9. The molecule has 2 aromatic rings. The summed E-state index contributed by atoms with van der Waals surface area (Å²) in [7, 11) is 0. The van der Waals surface area contributed by atoms with Crippen molar-refractivity contribution >= 4 is 11.8 Å². The van der Waals surface area contributed by atoms with Crippen LogP contribution in [0.3, 0.4) is 0 Å². The Morgan fingerprint density at radius 1 is 1.12 bits per heavy atom. The average Bonchev–Trinajstić information content (AvgIpc) is 2.54. The molecule has 1 atom stereocenters. The van der Waals surface area contributed by atoms with E-state index in [1.165, 1.54) is 12.1 Å². The average molecular weight is 369 g/mol. The number of aryl methyl sites for hydroxylation is 1. The van der Waals surface area contributed by atoms with Crippen LogP contribution >= 0.6 is 0 Å². The molecule has 0 radical (unpaired) electrons. The highest BCUT2D eigenvalue weighted by Gasteiger charge is 2.31. The molecule has 0 bridgehead atoms. The van der Waals surface area contributed by atoms with Crippen LogP contribution in [0.5, 0.6) is 11.5 Å². The van der Waals surface area contributed by atoms with Crippen molar-refractivity contribution in [2.24, 2.45) is 0 Å². The Morgan fingerprint density at radius 3 is 2.42 bits per heavy atom. The molecule has 0 saturated heterocycles. The van der Waals surface area contributed by atoms with Crippen molar-refractivity contribution in [1.29, 1.82) is 0 Å². The molecule has 140 valence electrons. The number of benzene rings is 2. The van der Waals surface area contributed by atoms with Gasteiger partial charge in [0.05, 0.1) is 0 Å². The van der Waals surface area contributed by atoms with E-state index in [0.717, 1.165) is 17.7 Å². The van der Waals surface area contributed by atoms with E-state index in [0.29, 0.717) is 5.69 Å². The molecule has 0 fully saturated rings. The molecule has 0 saturated carbocycles. The van der Waals surface area contributed by atoms with Crippen LogP contribution < -0.4 is 14.8 Å². The molecular formula is C18H18F3NO4. The number of hydrogen-bond acceptors (Lipinski definition) is 4. The Bertz CT molecular complexity index is 732. The lowest BCUT2D eigenvalue weighted by Crippen LogP contribution is -2.25. The van der Waals surface area contributed by atoms with Crippen LogP contribution in [0.25, 0.3) is 0 Å². The standard InChI is InChI=1S/C18H18F3NO4/c1-12-6-8-14(9-7-12)22-17(23)25-13(2)11-24-15-4-3-5-16(10-15)26-18(19,20)21/h3-10,13H,11H2,1-2H3,(H,22,23). The van der Waals surface area contributed by atoms with E-state index < -0.39 is 18.6 Å². The van der Waals surface area contributed by atoms with Gasteiger partial charge in [-0.15, -0.1) is 13.2 Å². The molecule has 0 aliphatic carbocycles. The largest absolute Gasteiger partial charge is 0.573 e. The third kappa shape index (κ3) is 6.92. The number of anilines is 1. The number of rotatable bonds is 6. The van der Waals surface area contributed by atoms with E-state index in [1.54, 1.807) is 19.1 Å². The zero-order valence-electron chi connectivity index (χ0n) is 14.2. The van der Waals surface area contributed by atoms with E-state index in [4.69, 9.17) is 9.47 Å². The van der Waals surface area contributed by atoms with Crippen molar-refractivity contribution in [1.82, 2.24) is 0 Å². The van der Waals surface area contributed by atoms with Crippen LogP contribution in [0.4, 0.5) is 23.7 Å². The Morgan fingerprint density at radius 2 is 1.77 bits per heavy atom. The van der Waals surface area contributed by atoms with Gasteiger partial charge in [-0.25, -0.2) is 4.79 Å². The van der Waals surface area contributed by atoms with E-state index in [1.807, 2.05) is 19.1 Å². The molecule has 1 N–H and O–H groups in total. The van der Waals surface area contributed by atoms with Gasteiger partial charge in [0.25, 0.3) is 0 Å². The number of halogens is 3. The quantitative estimate of drug-likeness (QED) is 0.786. The first-order chi connectivity index (χ1) is 12.2. The summed E-state index contributed by atoms with van der Waals surface area (Å²) in [5.41, 5.74) is 1.65. The van der Waals surface area contributed by atoms with E-state index >= 15 is 0 Å². The fourth-order valence-electron chi connectivity index (χ4n) is 1.98. The Labute approximate surface area is 148 Å². The Balaban J connectivity index is 1.81. The van der Waals surface area contributed by atoms with Gasteiger partial charge in [-0.05, 0) is 38.1 Å². The van der Waals surface area contributed by atoms with Gasteiger partial charge >= 0.3 is 12.5 Å². The summed E-state index contributed by atoms with van der Waals surface area (Å²) in [5.74, 6) is -0.221. The number of ether oxygens (including phenoxy) is 3. The monoisotopic (exact) mass is 369 g/mol. The molecule has 1 unspecified atom stereocenters. The van der Waals surface area contributed by atoms with E-state index in [9.17, 15) is 18.0 Å². The minimum absolute atomic E-state index is 0.0310. The number of alkyl halides is 3. The normalized spacial score (nSPS) is 12.2. The first-order valence-corrected chi connectivity index (χ1v) is 7.74. The van der Waals surface area contributed by atoms with Gasteiger partial charge in [-0.3, -0.25) is 5.32 Å². The highest BCUT2D eigenvalue weighted by molar-refractivity contribution is 5.84. The van der Waals surface area contributed by atoms with Crippen molar-refractivity contribution < 1.29 is 32.2 Å². The van der Waals surface area contributed by atoms with E-state index in [2.05, 4.69) is 10.1 Å². The second-order valence-electron chi connectivity index (χ2n) is 5.54. The van der Waals surface area contributed by atoms with Gasteiger partial charge in [0.2, 0.25) is 0 Å². The number of carbonyl (C=O) groups excluding carboxylic acids is 1. The van der Waals surface area contributed by atoms with Gasteiger partial charge in [0.15, 0.2) is 0 Å². The topological polar surface area (TPSA) is 56.8 Å². The summed E-state index contributed by atoms with van der Waals surface area (Å²) in [5, 5.41) is 2.57. The molecule has 0 heterocycles. The Hall–Kier alpha value is -2.90. The summed E-state index contributed by atoms with van der Waals surface area (Å²) in [4.78, 5) is 11.8. The summed E-state index contributed by atoms with van der Waals surface area (Å²) in [6.07, 6.45) is -6.05. The maximum absolute atomic E-state index is 12.2. The zero-order chi connectivity index (χ0) is 19.2. The number of nitrogens with one attached hydrogen (secondary N) is 1. The SMILES string of the molecule is Cc1ccc(NC(=O)OC(C)COc2cccc(OC(F)(F)F)c2)cc1. The maximum atomic E-state index is 12.2. The van der Waals surface area contributed by atoms with Crippen molar-refractivity contribution in [3.63, 3.8) is 0 Å². The highest BCUT2D eigenvalue weighted by Crippen LogP contribution is 2.26. The fourth-order valence-corrected chi connectivity index (χ4v) is 1.98. The van der Waals surface area contributed by atoms with Crippen LogP contribution in [-0.2, 0) is 4.74 Å². The summed E-state index contributed by atoms with van der Waals surface area (Å²) in [6.45, 7) is 3.50. The van der Waals surface area contributed by atoms with Gasteiger partial charge in [-0.1, -0.05) is 23.8 Å². The number of hydrogen-bond donors (Lipinski definition) is 1.